The first-order valence-corrected chi connectivity index (χ1v) is 5.31. The molecule has 2 nitrogen and oxygen atoms in total. The predicted octanol–water partition coefficient (Wildman–Crippen LogP) is 2.88. The van der Waals surface area contributed by atoms with E-state index in [4.69, 9.17) is 5.11 Å². The molecule has 0 bridgehead atoms. The van der Waals surface area contributed by atoms with Crippen molar-refractivity contribution in [3.8, 4) is 0 Å². The molecule has 1 aliphatic carbocycles. The van der Waals surface area contributed by atoms with E-state index in [2.05, 4.69) is 0 Å². The fraction of sp³-hybridized carbons (Fsp3) is 0.308. The van der Waals surface area contributed by atoms with Crippen LogP contribution in [0.3, 0.4) is 0 Å². The van der Waals surface area contributed by atoms with Crippen molar-refractivity contribution in [3.05, 3.63) is 41.2 Å². The topological polar surface area (TPSA) is 37.3 Å². The van der Waals surface area contributed by atoms with Gasteiger partial charge in [0.15, 0.2) is 0 Å². The van der Waals surface area contributed by atoms with Gasteiger partial charge >= 0.3 is 5.97 Å². The Morgan fingerprint density at radius 3 is 2.94 bits per heavy atom. The van der Waals surface area contributed by atoms with Crippen LogP contribution in [0.25, 0.3) is 5.57 Å². The van der Waals surface area contributed by atoms with Crippen molar-refractivity contribution in [1.29, 1.82) is 0 Å². The standard InChI is InChI=1S/C13H13FO2/c1-8(13(15)16)11-4-2-3-9-5-6-10(14)7-12(9)11/h4-8H,2-3H2,1H3,(H,15,16). The van der Waals surface area contributed by atoms with Gasteiger partial charge in [0, 0.05) is 0 Å². The number of fused-ring (bicyclic) bond motifs is 1. The Hall–Kier alpha value is -1.64. The number of carboxylic acids is 1. The molecule has 3 heteroatoms. The van der Waals surface area contributed by atoms with E-state index in [9.17, 15) is 9.18 Å². The molecule has 0 saturated carbocycles. The van der Waals surface area contributed by atoms with Crippen LogP contribution >= 0.6 is 0 Å². The van der Waals surface area contributed by atoms with Gasteiger partial charge in [0.1, 0.15) is 5.82 Å². The van der Waals surface area contributed by atoms with E-state index in [1.165, 1.54) is 12.1 Å². The van der Waals surface area contributed by atoms with Crippen molar-refractivity contribution in [1.82, 2.24) is 0 Å². The second-order valence-electron chi connectivity index (χ2n) is 4.06. The first kappa shape index (κ1) is 10.9. The van der Waals surface area contributed by atoms with Crippen LogP contribution in [-0.4, -0.2) is 11.1 Å². The first-order valence-electron chi connectivity index (χ1n) is 5.31. The molecule has 0 aromatic heterocycles. The maximum atomic E-state index is 13.2. The summed E-state index contributed by atoms with van der Waals surface area (Å²) in [6.07, 6.45) is 3.58. The summed E-state index contributed by atoms with van der Waals surface area (Å²) in [5.41, 5.74) is 2.52. The minimum atomic E-state index is -0.872. The molecule has 1 aliphatic rings. The molecule has 1 unspecified atom stereocenters. The Labute approximate surface area is 93.4 Å². The van der Waals surface area contributed by atoms with Crippen molar-refractivity contribution in [2.45, 2.75) is 19.8 Å². The number of allylic oxidation sites excluding steroid dienone is 1. The fourth-order valence-corrected chi connectivity index (χ4v) is 2.07. The number of hydrogen-bond acceptors (Lipinski definition) is 1. The molecular formula is C13H13FO2. The summed E-state index contributed by atoms with van der Waals surface area (Å²) in [6, 6.07) is 4.60. The van der Waals surface area contributed by atoms with Gasteiger partial charge in [-0.25, -0.2) is 4.39 Å². The van der Waals surface area contributed by atoms with Crippen LogP contribution in [0.4, 0.5) is 4.39 Å². The molecule has 0 fully saturated rings. The zero-order valence-corrected chi connectivity index (χ0v) is 9.03. The first-order chi connectivity index (χ1) is 7.59. The maximum absolute atomic E-state index is 13.2. The smallest absolute Gasteiger partial charge is 0.310 e. The average molecular weight is 220 g/mol. The van der Waals surface area contributed by atoms with Crippen molar-refractivity contribution < 1.29 is 14.3 Å². The number of hydrogen-bond donors (Lipinski definition) is 1. The lowest BCUT2D eigenvalue weighted by atomic mass is 9.84. The third kappa shape index (κ3) is 1.85. The Kier molecular flexibility index (Phi) is 2.77. The molecule has 2 rings (SSSR count). The van der Waals surface area contributed by atoms with Crippen LogP contribution in [0.15, 0.2) is 24.3 Å². The third-order valence-corrected chi connectivity index (χ3v) is 3.00. The van der Waals surface area contributed by atoms with Gasteiger partial charge in [0.2, 0.25) is 0 Å². The van der Waals surface area contributed by atoms with E-state index < -0.39 is 11.9 Å². The zero-order chi connectivity index (χ0) is 11.7. The Balaban J connectivity index is 2.47. The van der Waals surface area contributed by atoms with Gasteiger partial charge in [-0.2, -0.15) is 0 Å². The zero-order valence-electron chi connectivity index (χ0n) is 9.03. The highest BCUT2D eigenvalue weighted by Gasteiger charge is 2.22. The van der Waals surface area contributed by atoms with E-state index in [0.29, 0.717) is 0 Å². The van der Waals surface area contributed by atoms with Gasteiger partial charge in [-0.3, -0.25) is 4.79 Å². The molecular weight excluding hydrogens is 207 g/mol. The average Bonchev–Trinajstić information content (AvgIpc) is 2.27. The lowest BCUT2D eigenvalue weighted by Gasteiger charge is -2.20. The SMILES string of the molecule is CC(C(=O)O)C1=CCCc2ccc(F)cc21. The van der Waals surface area contributed by atoms with Gasteiger partial charge in [0.25, 0.3) is 0 Å². The van der Waals surface area contributed by atoms with Crippen LogP contribution in [0.5, 0.6) is 0 Å². The highest BCUT2D eigenvalue weighted by Crippen LogP contribution is 2.32. The molecule has 0 amide bonds. The molecule has 0 heterocycles. The number of carbonyl (C=O) groups is 1. The van der Waals surface area contributed by atoms with Crippen molar-refractivity contribution >= 4 is 11.5 Å². The van der Waals surface area contributed by atoms with Crippen molar-refractivity contribution in [2.24, 2.45) is 5.92 Å². The molecule has 16 heavy (non-hydrogen) atoms. The van der Waals surface area contributed by atoms with Crippen molar-refractivity contribution in [3.63, 3.8) is 0 Å². The molecule has 1 atom stereocenters. The van der Waals surface area contributed by atoms with Gasteiger partial charge < -0.3 is 5.11 Å². The summed E-state index contributed by atoms with van der Waals surface area (Å²) in [6.45, 7) is 1.63. The van der Waals surface area contributed by atoms with Crippen LogP contribution in [0, 0.1) is 11.7 Å². The Bertz CT molecular complexity index is 463. The Morgan fingerprint density at radius 2 is 2.25 bits per heavy atom. The van der Waals surface area contributed by atoms with Crippen LogP contribution in [0.1, 0.15) is 24.5 Å². The Morgan fingerprint density at radius 1 is 1.50 bits per heavy atom. The van der Waals surface area contributed by atoms with E-state index in [1.54, 1.807) is 13.0 Å². The summed E-state index contributed by atoms with van der Waals surface area (Å²) in [5.74, 6) is -1.77. The third-order valence-electron chi connectivity index (χ3n) is 3.00. The number of aryl methyl sites for hydroxylation is 1. The van der Waals surface area contributed by atoms with Gasteiger partial charge in [-0.1, -0.05) is 12.1 Å². The number of benzene rings is 1. The largest absolute Gasteiger partial charge is 0.481 e. The monoisotopic (exact) mass is 220 g/mol. The van der Waals surface area contributed by atoms with E-state index >= 15 is 0 Å². The number of aliphatic carboxylic acids is 1. The molecule has 1 N–H and O–H groups in total. The molecule has 84 valence electrons. The maximum Gasteiger partial charge on any atom is 0.310 e. The minimum Gasteiger partial charge on any atom is -0.481 e. The fourth-order valence-electron chi connectivity index (χ4n) is 2.07. The number of halogens is 1. The van der Waals surface area contributed by atoms with E-state index in [1.807, 2.05) is 6.08 Å². The lowest BCUT2D eigenvalue weighted by Crippen LogP contribution is -2.14. The molecule has 0 aliphatic heterocycles. The quantitative estimate of drug-likeness (QED) is 0.832. The highest BCUT2D eigenvalue weighted by atomic mass is 19.1. The summed E-state index contributed by atoms with van der Waals surface area (Å²) in [7, 11) is 0. The van der Waals surface area contributed by atoms with Gasteiger partial charge in [0.05, 0.1) is 5.92 Å². The number of carboxylic acid groups (broad SMARTS) is 1. The van der Waals surface area contributed by atoms with Crippen LogP contribution in [0.2, 0.25) is 0 Å². The second kappa shape index (κ2) is 4.08. The molecule has 1 aromatic carbocycles. The second-order valence-corrected chi connectivity index (χ2v) is 4.06. The van der Waals surface area contributed by atoms with E-state index in [0.717, 1.165) is 29.5 Å². The summed E-state index contributed by atoms with van der Waals surface area (Å²) in [4.78, 5) is 11.0. The summed E-state index contributed by atoms with van der Waals surface area (Å²) in [5, 5.41) is 8.99. The number of rotatable bonds is 2. The van der Waals surface area contributed by atoms with Crippen LogP contribution < -0.4 is 0 Å². The summed E-state index contributed by atoms with van der Waals surface area (Å²) >= 11 is 0. The molecule has 0 saturated heterocycles. The van der Waals surface area contributed by atoms with Gasteiger partial charge in [-0.05, 0) is 48.6 Å². The van der Waals surface area contributed by atoms with Crippen LogP contribution in [-0.2, 0) is 11.2 Å². The minimum absolute atomic E-state index is 0.316. The summed E-state index contributed by atoms with van der Waals surface area (Å²) < 4.78 is 13.2. The molecule has 1 aromatic rings. The predicted molar refractivity (Wildman–Crippen MR) is 59.5 cm³/mol. The molecule has 0 radical (unpaired) electrons. The molecule has 0 spiro atoms. The normalized spacial score (nSPS) is 16.2. The lowest BCUT2D eigenvalue weighted by molar-refractivity contribution is -0.139. The van der Waals surface area contributed by atoms with E-state index in [-0.39, 0.29) is 5.82 Å². The highest BCUT2D eigenvalue weighted by molar-refractivity contribution is 5.88. The van der Waals surface area contributed by atoms with Gasteiger partial charge in [-0.15, -0.1) is 0 Å². The van der Waals surface area contributed by atoms with Crippen molar-refractivity contribution in [2.75, 3.05) is 0 Å².